The first-order chi connectivity index (χ1) is 9.92. The molecule has 0 bridgehead atoms. The van der Waals surface area contributed by atoms with Crippen LogP contribution in [0.25, 0.3) is 0 Å². The van der Waals surface area contributed by atoms with Crippen molar-refractivity contribution in [3.63, 3.8) is 0 Å². The van der Waals surface area contributed by atoms with Gasteiger partial charge in [-0.15, -0.1) is 0 Å². The van der Waals surface area contributed by atoms with Crippen molar-refractivity contribution in [2.45, 2.75) is 38.6 Å². The van der Waals surface area contributed by atoms with E-state index in [0.717, 1.165) is 12.0 Å². The smallest absolute Gasteiger partial charge is 0.0505 e. The van der Waals surface area contributed by atoms with Crippen LogP contribution in [0.3, 0.4) is 0 Å². The van der Waals surface area contributed by atoms with Crippen molar-refractivity contribution in [2.24, 2.45) is 11.5 Å². The summed E-state index contributed by atoms with van der Waals surface area (Å²) in [7, 11) is 0. The fourth-order valence-corrected chi connectivity index (χ4v) is 2.43. The van der Waals surface area contributed by atoms with Crippen molar-refractivity contribution < 1.29 is 0 Å². The standard InChI is InChI=1S/C19H26N2/c1-14(2)17-10-16(9-15-7-5-4-6-8-15)11-18(12-17)19(3,21)13-20/h4-8,10-12,14H,9,13,20-21H2,1-3H3. The lowest BCUT2D eigenvalue weighted by Crippen LogP contribution is -2.41. The van der Waals surface area contributed by atoms with Crippen LogP contribution in [0.15, 0.2) is 48.5 Å². The number of benzene rings is 2. The summed E-state index contributed by atoms with van der Waals surface area (Å²) in [5.74, 6) is 0.480. The minimum atomic E-state index is -0.476. The Labute approximate surface area is 128 Å². The molecule has 4 N–H and O–H groups in total. The molecule has 2 aromatic carbocycles. The predicted molar refractivity (Wildman–Crippen MR) is 90.4 cm³/mol. The van der Waals surface area contributed by atoms with Gasteiger partial charge in [0.15, 0.2) is 0 Å². The topological polar surface area (TPSA) is 52.0 Å². The Morgan fingerprint density at radius 3 is 2.24 bits per heavy atom. The van der Waals surface area contributed by atoms with Crippen LogP contribution in [0.2, 0.25) is 0 Å². The minimum Gasteiger partial charge on any atom is -0.328 e. The van der Waals surface area contributed by atoms with Crippen LogP contribution < -0.4 is 11.5 Å². The molecule has 0 saturated heterocycles. The second-order valence-electron chi connectivity index (χ2n) is 6.40. The molecule has 0 heterocycles. The molecule has 21 heavy (non-hydrogen) atoms. The largest absolute Gasteiger partial charge is 0.328 e. The summed E-state index contributed by atoms with van der Waals surface area (Å²) >= 11 is 0. The van der Waals surface area contributed by atoms with E-state index in [9.17, 15) is 0 Å². The van der Waals surface area contributed by atoms with E-state index in [1.165, 1.54) is 16.7 Å². The van der Waals surface area contributed by atoms with Gasteiger partial charge >= 0.3 is 0 Å². The highest BCUT2D eigenvalue weighted by Gasteiger charge is 2.20. The lowest BCUT2D eigenvalue weighted by Gasteiger charge is -2.25. The van der Waals surface area contributed by atoms with E-state index in [4.69, 9.17) is 11.5 Å². The van der Waals surface area contributed by atoms with Gasteiger partial charge in [-0.25, -0.2) is 0 Å². The van der Waals surface area contributed by atoms with Gasteiger partial charge < -0.3 is 11.5 Å². The summed E-state index contributed by atoms with van der Waals surface area (Å²) in [6.07, 6.45) is 0.926. The zero-order chi connectivity index (χ0) is 15.5. The summed E-state index contributed by atoms with van der Waals surface area (Å²) in [6.45, 7) is 6.86. The lowest BCUT2D eigenvalue weighted by molar-refractivity contribution is 0.506. The first-order valence-electron chi connectivity index (χ1n) is 7.59. The molecule has 0 amide bonds. The van der Waals surface area contributed by atoms with Crippen LogP contribution in [0, 0.1) is 0 Å². The van der Waals surface area contributed by atoms with Gasteiger partial charge in [-0.05, 0) is 41.5 Å². The number of hydrogen-bond acceptors (Lipinski definition) is 2. The van der Waals surface area contributed by atoms with Gasteiger partial charge in [0.1, 0.15) is 0 Å². The average molecular weight is 282 g/mol. The molecule has 0 aromatic heterocycles. The third-order valence-electron chi connectivity index (χ3n) is 4.02. The molecule has 1 unspecified atom stereocenters. The van der Waals surface area contributed by atoms with Gasteiger partial charge in [-0.2, -0.15) is 0 Å². The summed E-state index contributed by atoms with van der Waals surface area (Å²) < 4.78 is 0. The Morgan fingerprint density at radius 1 is 1.00 bits per heavy atom. The molecular weight excluding hydrogens is 256 g/mol. The Hall–Kier alpha value is -1.64. The van der Waals surface area contributed by atoms with Crippen LogP contribution in [0.1, 0.15) is 48.9 Å². The van der Waals surface area contributed by atoms with Crippen molar-refractivity contribution in [2.75, 3.05) is 6.54 Å². The molecular formula is C19H26N2. The molecule has 1 atom stereocenters. The van der Waals surface area contributed by atoms with Crippen molar-refractivity contribution in [3.05, 3.63) is 70.8 Å². The van der Waals surface area contributed by atoms with Crippen LogP contribution in [0.4, 0.5) is 0 Å². The van der Waals surface area contributed by atoms with E-state index < -0.39 is 5.54 Å². The summed E-state index contributed by atoms with van der Waals surface area (Å²) in [5.41, 5.74) is 16.8. The van der Waals surface area contributed by atoms with Crippen molar-refractivity contribution in [3.8, 4) is 0 Å². The molecule has 2 aromatic rings. The predicted octanol–water partition coefficient (Wildman–Crippen LogP) is 3.53. The zero-order valence-corrected chi connectivity index (χ0v) is 13.3. The first kappa shape index (κ1) is 15.7. The van der Waals surface area contributed by atoms with Gasteiger partial charge in [0, 0.05) is 6.54 Å². The monoisotopic (exact) mass is 282 g/mol. The van der Waals surface area contributed by atoms with Gasteiger partial charge in [0.05, 0.1) is 5.54 Å². The van der Waals surface area contributed by atoms with E-state index in [-0.39, 0.29) is 0 Å². The van der Waals surface area contributed by atoms with Gasteiger partial charge in [0.25, 0.3) is 0 Å². The maximum atomic E-state index is 6.34. The van der Waals surface area contributed by atoms with E-state index >= 15 is 0 Å². The number of nitrogens with two attached hydrogens (primary N) is 2. The minimum absolute atomic E-state index is 0.444. The van der Waals surface area contributed by atoms with E-state index in [0.29, 0.717) is 12.5 Å². The van der Waals surface area contributed by atoms with Crippen molar-refractivity contribution in [1.29, 1.82) is 0 Å². The normalized spacial score (nSPS) is 14.2. The molecule has 0 aliphatic rings. The molecule has 112 valence electrons. The van der Waals surface area contributed by atoms with E-state index in [1.807, 2.05) is 13.0 Å². The average Bonchev–Trinajstić information content (AvgIpc) is 2.48. The van der Waals surface area contributed by atoms with Gasteiger partial charge in [0.2, 0.25) is 0 Å². The fourth-order valence-electron chi connectivity index (χ4n) is 2.43. The van der Waals surface area contributed by atoms with Crippen LogP contribution in [0.5, 0.6) is 0 Å². The van der Waals surface area contributed by atoms with Crippen LogP contribution >= 0.6 is 0 Å². The molecule has 0 radical (unpaired) electrons. The van der Waals surface area contributed by atoms with E-state index in [1.54, 1.807) is 0 Å². The second kappa shape index (κ2) is 6.42. The Kier molecular flexibility index (Phi) is 4.81. The molecule has 0 aliphatic carbocycles. The second-order valence-corrected chi connectivity index (χ2v) is 6.40. The quantitative estimate of drug-likeness (QED) is 0.881. The highest BCUT2D eigenvalue weighted by molar-refractivity contribution is 5.38. The number of rotatable bonds is 5. The maximum Gasteiger partial charge on any atom is 0.0505 e. The first-order valence-corrected chi connectivity index (χ1v) is 7.59. The van der Waals surface area contributed by atoms with Crippen LogP contribution in [-0.2, 0) is 12.0 Å². The molecule has 0 saturated carbocycles. The van der Waals surface area contributed by atoms with E-state index in [2.05, 4.69) is 56.3 Å². The fraction of sp³-hybridized carbons (Fsp3) is 0.368. The SMILES string of the molecule is CC(C)c1cc(Cc2ccccc2)cc(C(C)(N)CN)c1. The third kappa shape index (κ3) is 3.93. The number of hydrogen-bond donors (Lipinski definition) is 2. The van der Waals surface area contributed by atoms with Gasteiger partial charge in [-0.3, -0.25) is 0 Å². The molecule has 2 rings (SSSR count). The Balaban J connectivity index is 2.41. The molecule has 2 nitrogen and oxygen atoms in total. The maximum absolute atomic E-state index is 6.34. The summed E-state index contributed by atoms with van der Waals surface area (Å²) in [4.78, 5) is 0. The highest BCUT2D eigenvalue weighted by Crippen LogP contribution is 2.25. The Bertz CT molecular complexity index is 586. The van der Waals surface area contributed by atoms with Crippen LogP contribution in [-0.4, -0.2) is 6.54 Å². The zero-order valence-electron chi connectivity index (χ0n) is 13.3. The molecule has 2 heteroatoms. The van der Waals surface area contributed by atoms with Gasteiger partial charge in [-0.1, -0.05) is 62.4 Å². The molecule has 0 spiro atoms. The van der Waals surface area contributed by atoms with Crippen molar-refractivity contribution in [1.82, 2.24) is 0 Å². The highest BCUT2D eigenvalue weighted by atomic mass is 14.8. The lowest BCUT2D eigenvalue weighted by atomic mass is 9.87. The van der Waals surface area contributed by atoms with Crippen molar-refractivity contribution >= 4 is 0 Å². The molecule has 0 aliphatic heterocycles. The summed E-state index contributed by atoms with van der Waals surface area (Å²) in [5, 5.41) is 0. The summed E-state index contributed by atoms with van der Waals surface area (Å²) in [6, 6.07) is 17.2. The third-order valence-corrected chi connectivity index (χ3v) is 4.02. The molecule has 0 fully saturated rings. The Morgan fingerprint density at radius 2 is 1.67 bits per heavy atom.